The van der Waals surface area contributed by atoms with Crippen molar-refractivity contribution in [1.82, 2.24) is 5.43 Å². The van der Waals surface area contributed by atoms with Crippen LogP contribution in [0.25, 0.3) is 0 Å². The van der Waals surface area contributed by atoms with Crippen molar-refractivity contribution in [1.29, 1.82) is 0 Å². The highest BCUT2D eigenvalue weighted by Gasteiger charge is 2.11. The van der Waals surface area contributed by atoms with Gasteiger partial charge in [-0.25, -0.2) is 5.43 Å². The molecule has 0 aliphatic carbocycles. The number of ether oxygens (including phenoxy) is 2. The number of rotatable bonds is 8. The molecule has 3 aromatic rings. The molecule has 3 aromatic carbocycles. The van der Waals surface area contributed by atoms with E-state index in [-0.39, 0.29) is 23.1 Å². The molecule has 0 aliphatic heterocycles. The number of benzene rings is 3. The molecule has 7 nitrogen and oxygen atoms in total. The Morgan fingerprint density at radius 2 is 1.82 bits per heavy atom. The minimum absolute atomic E-state index is 0.184. The second kappa shape index (κ2) is 11.4. The summed E-state index contributed by atoms with van der Waals surface area (Å²) >= 11 is 11.9. The van der Waals surface area contributed by atoms with E-state index in [2.05, 4.69) is 15.8 Å². The van der Waals surface area contributed by atoms with E-state index in [0.717, 1.165) is 11.3 Å². The number of aryl methyl sites for hydroxylation is 1. The zero-order valence-electron chi connectivity index (χ0n) is 17.9. The van der Waals surface area contributed by atoms with Crippen LogP contribution >= 0.6 is 23.2 Å². The highest BCUT2D eigenvalue weighted by Crippen LogP contribution is 2.27. The van der Waals surface area contributed by atoms with Gasteiger partial charge >= 0.3 is 0 Å². The van der Waals surface area contributed by atoms with E-state index in [1.54, 1.807) is 24.3 Å². The van der Waals surface area contributed by atoms with Gasteiger partial charge in [-0.15, -0.1) is 0 Å². The molecule has 0 aliphatic rings. The normalized spacial score (nSPS) is 10.7. The summed E-state index contributed by atoms with van der Waals surface area (Å²) in [5, 5.41) is 7.40. The molecule has 0 radical (unpaired) electrons. The monoisotopic (exact) mass is 485 g/mol. The second-order valence-electron chi connectivity index (χ2n) is 6.89. The quantitative estimate of drug-likeness (QED) is 0.343. The van der Waals surface area contributed by atoms with E-state index < -0.39 is 5.91 Å². The maximum atomic E-state index is 12.2. The molecule has 0 spiro atoms. The number of anilines is 1. The number of hydrogen-bond donors (Lipinski definition) is 2. The van der Waals surface area contributed by atoms with Crippen LogP contribution in [0.5, 0.6) is 11.5 Å². The minimum atomic E-state index is -0.473. The number of carbonyl (C=O) groups excluding carboxylic acids is 2. The van der Waals surface area contributed by atoms with Crippen molar-refractivity contribution in [2.45, 2.75) is 6.92 Å². The van der Waals surface area contributed by atoms with Gasteiger partial charge in [-0.3, -0.25) is 9.59 Å². The number of para-hydroxylation sites is 1. The van der Waals surface area contributed by atoms with Crippen LogP contribution in [0.2, 0.25) is 10.0 Å². The third-order valence-electron chi connectivity index (χ3n) is 4.52. The number of halogens is 2. The van der Waals surface area contributed by atoms with Crippen molar-refractivity contribution in [2.24, 2.45) is 5.10 Å². The first kappa shape index (κ1) is 24.1. The van der Waals surface area contributed by atoms with Crippen molar-refractivity contribution < 1.29 is 19.1 Å². The van der Waals surface area contributed by atoms with Gasteiger partial charge in [0.25, 0.3) is 11.8 Å². The molecular formula is C24H21Cl2N3O4. The fraction of sp³-hybridized carbons (Fsp3) is 0.125. The Balaban J connectivity index is 1.59. The van der Waals surface area contributed by atoms with Gasteiger partial charge < -0.3 is 14.8 Å². The predicted molar refractivity (Wildman–Crippen MR) is 130 cm³/mol. The molecule has 0 atom stereocenters. The third-order valence-corrected chi connectivity index (χ3v) is 5.07. The Morgan fingerprint density at radius 3 is 2.55 bits per heavy atom. The SMILES string of the molecule is COc1cc(/C=N\NC(=O)c2ccc(Cl)cc2Cl)ccc1OCC(=O)Nc1ccccc1C. The summed E-state index contributed by atoms with van der Waals surface area (Å²) in [6.07, 6.45) is 1.44. The molecule has 3 rings (SSSR count). The summed E-state index contributed by atoms with van der Waals surface area (Å²) in [5.41, 5.74) is 4.99. The number of hydrogen-bond acceptors (Lipinski definition) is 5. The maximum Gasteiger partial charge on any atom is 0.272 e. The molecule has 170 valence electrons. The van der Waals surface area contributed by atoms with Crippen molar-refractivity contribution in [3.05, 3.63) is 87.4 Å². The van der Waals surface area contributed by atoms with Crippen LogP contribution in [-0.4, -0.2) is 31.7 Å². The van der Waals surface area contributed by atoms with E-state index in [0.29, 0.717) is 22.1 Å². The number of methoxy groups -OCH3 is 1. The number of nitrogens with one attached hydrogen (secondary N) is 2. The van der Waals surface area contributed by atoms with Gasteiger partial charge in [0, 0.05) is 10.7 Å². The summed E-state index contributed by atoms with van der Waals surface area (Å²) in [5.74, 6) is 0.0429. The highest BCUT2D eigenvalue weighted by atomic mass is 35.5. The molecular weight excluding hydrogens is 465 g/mol. The lowest BCUT2D eigenvalue weighted by Gasteiger charge is -2.12. The van der Waals surface area contributed by atoms with Crippen LogP contribution in [-0.2, 0) is 4.79 Å². The minimum Gasteiger partial charge on any atom is -0.493 e. The van der Waals surface area contributed by atoms with Gasteiger partial charge in [-0.1, -0.05) is 41.4 Å². The summed E-state index contributed by atoms with van der Waals surface area (Å²) in [6.45, 7) is 1.72. The lowest BCUT2D eigenvalue weighted by atomic mass is 10.2. The Kier molecular flexibility index (Phi) is 8.29. The average molecular weight is 486 g/mol. The van der Waals surface area contributed by atoms with Gasteiger partial charge in [0.1, 0.15) is 0 Å². The lowest BCUT2D eigenvalue weighted by Crippen LogP contribution is -2.20. The summed E-state index contributed by atoms with van der Waals surface area (Å²) < 4.78 is 10.9. The Hall–Kier alpha value is -3.55. The van der Waals surface area contributed by atoms with Crippen LogP contribution in [0.4, 0.5) is 5.69 Å². The van der Waals surface area contributed by atoms with Crippen LogP contribution in [0.15, 0.2) is 65.8 Å². The molecule has 33 heavy (non-hydrogen) atoms. The number of amides is 2. The first-order valence-electron chi connectivity index (χ1n) is 9.82. The van der Waals surface area contributed by atoms with E-state index >= 15 is 0 Å². The zero-order chi connectivity index (χ0) is 23.8. The Labute approximate surface area is 201 Å². The fourth-order valence-electron chi connectivity index (χ4n) is 2.83. The van der Waals surface area contributed by atoms with Crippen molar-refractivity contribution in [3.8, 4) is 11.5 Å². The Bertz CT molecular complexity index is 1200. The number of nitrogens with zero attached hydrogens (tertiary/aromatic N) is 1. The van der Waals surface area contributed by atoms with Crippen LogP contribution < -0.4 is 20.2 Å². The first-order valence-corrected chi connectivity index (χ1v) is 10.6. The maximum absolute atomic E-state index is 12.2. The molecule has 9 heteroatoms. The molecule has 0 bridgehead atoms. The second-order valence-corrected chi connectivity index (χ2v) is 7.73. The van der Waals surface area contributed by atoms with Gasteiger partial charge in [-0.05, 0) is 60.5 Å². The molecule has 0 unspecified atom stereocenters. The lowest BCUT2D eigenvalue weighted by molar-refractivity contribution is -0.118. The number of carbonyl (C=O) groups is 2. The van der Waals surface area contributed by atoms with Gasteiger partial charge in [0.15, 0.2) is 18.1 Å². The van der Waals surface area contributed by atoms with Crippen molar-refractivity contribution in [2.75, 3.05) is 19.0 Å². The molecule has 0 heterocycles. The van der Waals surface area contributed by atoms with Gasteiger partial charge in [0.05, 0.1) is 23.9 Å². The first-order chi connectivity index (χ1) is 15.9. The Morgan fingerprint density at radius 1 is 1.03 bits per heavy atom. The van der Waals surface area contributed by atoms with Gasteiger partial charge in [-0.2, -0.15) is 5.10 Å². The standard InChI is InChI=1S/C24H21Cl2N3O4/c1-15-5-3-4-6-20(15)28-23(30)14-33-21-10-7-16(11-22(21)32-2)13-27-29-24(31)18-9-8-17(25)12-19(18)26/h3-13H,14H2,1-2H3,(H,28,30)(H,29,31)/b27-13-. The van der Waals surface area contributed by atoms with Crippen LogP contribution in [0.3, 0.4) is 0 Å². The smallest absolute Gasteiger partial charge is 0.272 e. The van der Waals surface area contributed by atoms with Crippen molar-refractivity contribution in [3.63, 3.8) is 0 Å². The number of hydrazone groups is 1. The molecule has 0 fully saturated rings. The van der Waals surface area contributed by atoms with E-state index in [9.17, 15) is 9.59 Å². The fourth-order valence-corrected chi connectivity index (χ4v) is 3.32. The van der Waals surface area contributed by atoms with Crippen molar-refractivity contribution >= 4 is 46.9 Å². The topological polar surface area (TPSA) is 89.0 Å². The van der Waals surface area contributed by atoms with E-state index in [1.807, 2.05) is 31.2 Å². The molecule has 0 saturated carbocycles. The predicted octanol–water partition coefficient (Wildman–Crippen LogP) is 5.09. The summed E-state index contributed by atoms with van der Waals surface area (Å²) in [6, 6.07) is 17.1. The van der Waals surface area contributed by atoms with E-state index in [4.69, 9.17) is 32.7 Å². The summed E-state index contributed by atoms with van der Waals surface area (Å²) in [4.78, 5) is 24.4. The van der Waals surface area contributed by atoms with Crippen LogP contribution in [0, 0.1) is 6.92 Å². The van der Waals surface area contributed by atoms with Gasteiger partial charge in [0.2, 0.25) is 0 Å². The molecule has 2 N–H and O–H groups in total. The third kappa shape index (κ3) is 6.71. The van der Waals surface area contributed by atoms with Crippen LogP contribution in [0.1, 0.15) is 21.5 Å². The molecule has 0 saturated heterocycles. The molecule has 0 aromatic heterocycles. The zero-order valence-corrected chi connectivity index (χ0v) is 19.4. The van der Waals surface area contributed by atoms with E-state index in [1.165, 1.54) is 25.5 Å². The average Bonchev–Trinajstić information content (AvgIpc) is 2.79. The molecule has 2 amide bonds. The largest absolute Gasteiger partial charge is 0.493 e. The highest BCUT2D eigenvalue weighted by molar-refractivity contribution is 6.36. The summed E-state index contributed by atoms with van der Waals surface area (Å²) in [7, 11) is 1.49.